The molecule has 0 unspecified atom stereocenters. The van der Waals surface area contributed by atoms with Crippen molar-refractivity contribution in [2.75, 3.05) is 0 Å². The van der Waals surface area contributed by atoms with Crippen LogP contribution in [0.4, 0.5) is 0 Å². The van der Waals surface area contributed by atoms with E-state index >= 15 is 0 Å². The number of nitrogens with zero attached hydrogens (tertiary/aromatic N) is 4. The number of furan rings is 2. The molecule has 13 rings (SSSR count). The number of fused-ring (bicyclic) bond motifs is 10. The number of rotatable bonds is 5. The number of para-hydroxylation sites is 5. The molecule has 4 heterocycles. The van der Waals surface area contributed by atoms with Gasteiger partial charge in [0.2, 0.25) is 0 Å². The first-order valence-corrected chi connectivity index (χ1v) is 20.4. The number of hydrogen-bond donors (Lipinski definition) is 0. The Labute approximate surface area is 348 Å². The van der Waals surface area contributed by atoms with E-state index < -0.39 is 0 Å². The van der Waals surface area contributed by atoms with Crippen LogP contribution in [0.15, 0.2) is 203 Å². The highest BCUT2D eigenvalue weighted by molar-refractivity contribution is 6.15. The lowest BCUT2D eigenvalue weighted by Crippen LogP contribution is -2.02. The van der Waals surface area contributed by atoms with Crippen molar-refractivity contribution < 1.29 is 8.83 Å². The molecule has 0 aliphatic heterocycles. The molecule has 0 saturated carbocycles. The molecular weight excluding hydrogens is 749 g/mol. The molecule has 0 amide bonds. The maximum absolute atomic E-state index is 6.75. The number of benzene rings is 9. The van der Waals surface area contributed by atoms with Crippen molar-refractivity contribution in [1.29, 1.82) is 0 Å². The van der Waals surface area contributed by atoms with Crippen LogP contribution in [-0.4, -0.2) is 19.5 Å². The third-order valence-electron chi connectivity index (χ3n) is 12.0. The lowest BCUT2D eigenvalue weighted by molar-refractivity contribution is 0.669. The summed E-state index contributed by atoms with van der Waals surface area (Å²) in [6.07, 6.45) is 0. The van der Waals surface area contributed by atoms with Crippen LogP contribution in [0.25, 0.3) is 127 Å². The predicted octanol–water partition coefficient (Wildman–Crippen LogP) is 14.6. The first kappa shape index (κ1) is 33.6. The molecule has 4 aromatic heterocycles. The van der Waals surface area contributed by atoms with Crippen molar-refractivity contribution in [2.45, 2.75) is 0 Å². The summed E-state index contributed by atoms with van der Waals surface area (Å²) < 4.78 is 15.7. The van der Waals surface area contributed by atoms with Gasteiger partial charge in [0.1, 0.15) is 22.3 Å². The summed E-state index contributed by atoms with van der Waals surface area (Å²) in [6.45, 7) is 0. The number of hydrogen-bond acceptors (Lipinski definition) is 5. The highest BCUT2D eigenvalue weighted by Gasteiger charge is 2.23. The molecule has 6 nitrogen and oxygen atoms in total. The Morgan fingerprint density at radius 2 is 0.885 bits per heavy atom. The first-order valence-electron chi connectivity index (χ1n) is 20.4. The molecule has 284 valence electrons. The smallest absolute Gasteiger partial charge is 0.167 e. The van der Waals surface area contributed by atoms with E-state index in [1.807, 2.05) is 72.8 Å². The van der Waals surface area contributed by atoms with Gasteiger partial charge >= 0.3 is 0 Å². The molecule has 6 heteroatoms. The lowest BCUT2D eigenvalue weighted by Gasteiger charge is -2.16. The SMILES string of the molecule is c1ccc(-c2nc(-c3ccc(-n4c5ccccc5c5cc6ccccc6cc54)c(-c4cccc5c4oc4ccccc45)c3)nc(-c3cccc4c3oc3ccccc34)n2)cc1. The van der Waals surface area contributed by atoms with E-state index in [1.54, 1.807) is 0 Å². The van der Waals surface area contributed by atoms with Gasteiger partial charge in [0.15, 0.2) is 17.5 Å². The maximum atomic E-state index is 6.75. The Kier molecular flexibility index (Phi) is 7.21. The summed E-state index contributed by atoms with van der Waals surface area (Å²) in [5.74, 6) is 1.66. The highest BCUT2D eigenvalue weighted by Crippen LogP contribution is 2.43. The van der Waals surface area contributed by atoms with Gasteiger partial charge in [-0.3, -0.25) is 0 Å². The van der Waals surface area contributed by atoms with Gasteiger partial charge in [0, 0.05) is 54.6 Å². The van der Waals surface area contributed by atoms with E-state index in [-0.39, 0.29) is 0 Å². The van der Waals surface area contributed by atoms with Crippen LogP contribution in [0.2, 0.25) is 0 Å². The van der Waals surface area contributed by atoms with Crippen molar-refractivity contribution >= 4 is 76.5 Å². The third kappa shape index (κ3) is 5.19. The molecule has 0 saturated heterocycles. The molecule has 61 heavy (non-hydrogen) atoms. The molecule has 0 aliphatic rings. The molecule has 0 radical (unpaired) electrons. The monoisotopic (exact) mass is 780 g/mol. The quantitative estimate of drug-likeness (QED) is 0.174. The minimum absolute atomic E-state index is 0.535. The van der Waals surface area contributed by atoms with E-state index in [0.717, 1.165) is 88.4 Å². The molecular formula is C55H32N4O2. The fraction of sp³-hybridized carbons (Fsp3) is 0. The average Bonchev–Trinajstić information content (AvgIpc) is 4.00. The largest absolute Gasteiger partial charge is 0.455 e. The Balaban J connectivity index is 1.11. The van der Waals surface area contributed by atoms with Gasteiger partial charge in [-0.15, -0.1) is 0 Å². The topological polar surface area (TPSA) is 69.9 Å². The summed E-state index contributed by atoms with van der Waals surface area (Å²) in [4.78, 5) is 15.6. The summed E-state index contributed by atoms with van der Waals surface area (Å²) in [7, 11) is 0. The molecule has 0 spiro atoms. The van der Waals surface area contributed by atoms with Crippen molar-refractivity contribution in [3.63, 3.8) is 0 Å². The second kappa shape index (κ2) is 13.1. The van der Waals surface area contributed by atoms with Crippen LogP contribution in [-0.2, 0) is 0 Å². The zero-order valence-electron chi connectivity index (χ0n) is 32.6. The lowest BCUT2D eigenvalue weighted by atomic mass is 9.97. The van der Waals surface area contributed by atoms with Crippen LogP contribution >= 0.6 is 0 Å². The third-order valence-corrected chi connectivity index (χ3v) is 12.0. The van der Waals surface area contributed by atoms with Crippen LogP contribution in [0.1, 0.15) is 0 Å². The second-order valence-electron chi connectivity index (χ2n) is 15.5. The van der Waals surface area contributed by atoms with Crippen LogP contribution < -0.4 is 0 Å². The maximum Gasteiger partial charge on any atom is 0.167 e. The predicted molar refractivity (Wildman–Crippen MR) is 248 cm³/mol. The fourth-order valence-electron chi connectivity index (χ4n) is 9.22. The van der Waals surface area contributed by atoms with Gasteiger partial charge in [-0.1, -0.05) is 140 Å². The van der Waals surface area contributed by atoms with E-state index in [4.69, 9.17) is 23.8 Å². The van der Waals surface area contributed by atoms with Crippen molar-refractivity contribution in [1.82, 2.24) is 19.5 Å². The molecule has 0 atom stereocenters. The van der Waals surface area contributed by atoms with E-state index in [2.05, 4.69) is 126 Å². The number of aromatic nitrogens is 4. The van der Waals surface area contributed by atoms with E-state index in [9.17, 15) is 0 Å². The van der Waals surface area contributed by atoms with Gasteiger partial charge in [-0.05, 0) is 65.4 Å². The normalized spacial score (nSPS) is 11.9. The van der Waals surface area contributed by atoms with Crippen molar-refractivity contribution in [2.24, 2.45) is 0 Å². The Bertz CT molecular complexity index is 3900. The van der Waals surface area contributed by atoms with E-state index in [0.29, 0.717) is 17.5 Å². The van der Waals surface area contributed by atoms with Gasteiger partial charge < -0.3 is 13.4 Å². The second-order valence-corrected chi connectivity index (χ2v) is 15.5. The zero-order valence-corrected chi connectivity index (χ0v) is 32.6. The minimum Gasteiger partial charge on any atom is -0.455 e. The van der Waals surface area contributed by atoms with Gasteiger partial charge in [-0.2, -0.15) is 0 Å². The van der Waals surface area contributed by atoms with Gasteiger partial charge in [-0.25, -0.2) is 15.0 Å². The zero-order chi connectivity index (χ0) is 40.0. The van der Waals surface area contributed by atoms with Gasteiger partial charge in [0.05, 0.1) is 22.3 Å². The molecule has 13 aromatic rings. The highest BCUT2D eigenvalue weighted by atomic mass is 16.3. The molecule has 0 fully saturated rings. The Morgan fingerprint density at radius 3 is 1.62 bits per heavy atom. The van der Waals surface area contributed by atoms with Crippen LogP contribution in [0, 0.1) is 0 Å². The summed E-state index contributed by atoms with van der Waals surface area (Å²) in [5, 5.41) is 8.98. The Hall–Kier alpha value is -8.35. The van der Waals surface area contributed by atoms with Crippen molar-refractivity contribution in [3.8, 4) is 51.0 Å². The van der Waals surface area contributed by atoms with Crippen LogP contribution in [0.5, 0.6) is 0 Å². The standard InChI is InChI=1S/C55H32N4O2/c1-2-14-33(15-3-1)53-56-54(58-55(57-53)43-24-13-22-41-39-20-8-11-27-50(39)61-52(41)43)36-28-29-47(45(31-36)42-23-12-21-40-38-19-7-10-26-49(38)60-51(40)42)59-46-25-9-6-18-37(46)44-30-34-16-4-5-17-35(34)32-48(44)59/h1-32H. The Morgan fingerprint density at radius 1 is 0.328 bits per heavy atom. The first-order chi connectivity index (χ1) is 30.2. The van der Waals surface area contributed by atoms with Gasteiger partial charge in [0.25, 0.3) is 0 Å². The fourth-order valence-corrected chi connectivity index (χ4v) is 9.22. The van der Waals surface area contributed by atoms with E-state index in [1.165, 1.54) is 21.5 Å². The van der Waals surface area contributed by atoms with Crippen LogP contribution in [0.3, 0.4) is 0 Å². The minimum atomic E-state index is 0.535. The summed E-state index contributed by atoms with van der Waals surface area (Å²) >= 11 is 0. The average molecular weight is 781 g/mol. The molecule has 0 N–H and O–H groups in total. The summed E-state index contributed by atoms with van der Waals surface area (Å²) in [5.41, 5.74) is 11.0. The molecule has 0 bridgehead atoms. The molecule has 0 aliphatic carbocycles. The summed E-state index contributed by atoms with van der Waals surface area (Å²) in [6, 6.07) is 67.5. The molecule has 9 aromatic carbocycles. The van der Waals surface area contributed by atoms with Crippen molar-refractivity contribution in [3.05, 3.63) is 194 Å².